The molecule has 0 aliphatic rings. The molecule has 0 spiro atoms. The van der Waals surface area contributed by atoms with Gasteiger partial charge in [-0.05, 0) is 44.2 Å². The number of halogens is 1. The maximum atomic E-state index is 5.88. The number of benzene rings is 6. The van der Waals surface area contributed by atoms with E-state index in [1.807, 2.05) is 42.5 Å². The van der Waals surface area contributed by atoms with Crippen LogP contribution in [-0.4, -0.2) is 3.21 Å². The van der Waals surface area contributed by atoms with Gasteiger partial charge in [0, 0.05) is 0 Å². The van der Waals surface area contributed by atoms with Gasteiger partial charge in [-0.3, -0.25) is 0 Å². The van der Waals surface area contributed by atoms with E-state index in [0.29, 0.717) is 0 Å². The molecule has 0 saturated carbocycles. The summed E-state index contributed by atoms with van der Waals surface area (Å²) in [5.74, 6) is 0. The third-order valence-electron chi connectivity index (χ3n) is 9.79. The molecule has 0 aliphatic heterocycles. The van der Waals surface area contributed by atoms with Crippen molar-refractivity contribution in [2.75, 3.05) is 0 Å². The van der Waals surface area contributed by atoms with Crippen LogP contribution in [0.25, 0.3) is 43.8 Å². The second-order valence-corrected chi connectivity index (χ2v) is 17.7. The van der Waals surface area contributed by atoms with Crippen molar-refractivity contribution >= 4 is 36.4 Å². The van der Waals surface area contributed by atoms with Crippen LogP contribution in [0.1, 0.15) is 69.4 Å². The molecule has 0 aliphatic carbocycles. The van der Waals surface area contributed by atoms with E-state index in [9.17, 15) is 0 Å². The molecule has 0 aromatic heterocycles. The van der Waals surface area contributed by atoms with Gasteiger partial charge < -0.3 is 0 Å². The van der Waals surface area contributed by atoms with Crippen LogP contribution in [0.15, 0.2) is 170 Å². The van der Waals surface area contributed by atoms with E-state index in [0.717, 1.165) is 5.02 Å². The van der Waals surface area contributed by atoms with Crippen LogP contribution < -0.4 is 0 Å². The monoisotopic (exact) mass is 798 g/mol. The summed E-state index contributed by atoms with van der Waals surface area (Å²) in [4.78, 5) is 0. The first kappa shape index (κ1) is 39.3. The number of fused-ring (bicyclic) bond motifs is 3. The molecule has 0 N–H and O–H groups in total. The predicted molar refractivity (Wildman–Crippen MR) is 233 cm³/mol. The Morgan fingerprint density at radius 3 is 1.30 bits per heavy atom. The third-order valence-corrected chi connectivity index (χ3v) is 11.5. The van der Waals surface area contributed by atoms with Gasteiger partial charge in [-0.25, -0.2) is 12.1 Å². The van der Waals surface area contributed by atoms with Gasteiger partial charge in [0.25, 0.3) is 0 Å². The Morgan fingerprint density at radius 2 is 0.926 bits per heavy atom. The van der Waals surface area contributed by atoms with Gasteiger partial charge in [-0.2, -0.15) is 18.2 Å². The van der Waals surface area contributed by atoms with Crippen molar-refractivity contribution < 1.29 is 24.2 Å². The van der Waals surface area contributed by atoms with Crippen molar-refractivity contribution in [2.24, 2.45) is 0 Å². The molecule has 0 fully saturated rings. The first-order chi connectivity index (χ1) is 25.8. The molecule has 2 heteroatoms. The molecule has 0 amide bonds. The predicted octanol–water partition coefficient (Wildman–Crippen LogP) is 14.8. The molecule has 268 valence electrons. The molecule has 8 aromatic rings. The Kier molecular flexibility index (Phi) is 12.3. The zero-order valence-electron chi connectivity index (χ0n) is 32.5. The summed E-state index contributed by atoms with van der Waals surface area (Å²) in [5, 5.41) is 6.15. The van der Waals surface area contributed by atoms with E-state index < -0.39 is 0 Å². The third kappa shape index (κ3) is 9.44. The van der Waals surface area contributed by atoms with Crippen LogP contribution in [-0.2, 0) is 35.1 Å². The SMILES string of the molecule is CC(C)(C)c1cc2c(cc1-c1ccccc1)[cH-]c1cc(-c3ccccc3)c(C(C)(C)C)cc12.Cc1ccc([C](=[Zr+2])c2ccc(Cl)cc2)cc1.c1cc[cH-]c1. The van der Waals surface area contributed by atoms with Crippen LogP contribution in [0.3, 0.4) is 0 Å². The number of aryl methyl sites for hydroxylation is 1. The van der Waals surface area contributed by atoms with E-state index in [-0.39, 0.29) is 10.8 Å². The Bertz CT molecular complexity index is 2260. The maximum Gasteiger partial charge on any atom is -0.172 e. The van der Waals surface area contributed by atoms with Gasteiger partial charge in [-0.1, -0.05) is 114 Å². The molecular weight excluding hydrogens is 751 g/mol. The summed E-state index contributed by atoms with van der Waals surface area (Å²) in [6, 6.07) is 60.4. The van der Waals surface area contributed by atoms with Gasteiger partial charge in [-0.15, -0.1) is 39.7 Å². The van der Waals surface area contributed by atoms with Crippen LogP contribution >= 0.6 is 11.6 Å². The van der Waals surface area contributed by atoms with Gasteiger partial charge in [0.05, 0.1) is 0 Å². The number of hydrogen-bond acceptors (Lipinski definition) is 0. The zero-order valence-corrected chi connectivity index (χ0v) is 35.8. The molecule has 8 rings (SSSR count). The van der Waals surface area contributed by atoms with Gasteiger partial charge in [0.15, 0.2) is 0 Å². The van der Waals surface area contributed by atoms with Crippen molar-refractivity contribution in [1.29, 1.82) is 0 Å². The molecule has 54 heavy (non-hydrogen) atoms. The number of hydrogen-bond donors (Lipinski definition) is 0. The largest absolute Gasteiger partial charge is 0.214 e. The summed E-state index contributed by atoms with van der Waals surface area (Å²) in [6.45, 7) is 16.0. The van der Waals surface area contributed by atoms with Crippen LogP contribution in [0, 0.1) is 6.92 Å². The minimum Gasteiger partial charge on any atom is -0.214 e. The summed E-state index contributed by atoms with van der Waals surface area (Å²) in [6.07, 6.45) is 0. The van der Waals surface area contributed by atoms with Gasteiger partial charge >= 0.3 is 116 Å². The molecule has 8 aromatic carbocycles. The first-order valence-electron chi connectivity index (χ1n) is 18.7. The molecule has 0 heterocycles. The molecule has 0 unspecified atom stereocenters. The van der Waals surface area contributed by atoms with Crippen LogP contribution in [0.2, 0.25) is 5.02 Å². The number of rotatable bonds is 4. The van der Waals surface area contributed by atoms with Crippen LogP contribution in [0.4, 0.5) is 0 Å². The minimum absolute atomic E-state index is 0.0554. The summed E-state index contributed by atoms with van der Waals surface area (Å²) in [7, 11) is 0. The first-order valence-corrected chi connectivity index (χ1v) is 20.3. The second-order valence-electron chi connectivity index (χ2n) is 16.1. The summed E-state index contributed by atoms with van der Waals surface area (Å²) < 4.78 is 1.36. The average molecular weight is 801 g/mol. The van der Waals surface area contributed by atoms with Crippen LogP contribution in [0.5, 0.6) is 0 Å². The van der Waals surface area contributed by atoms with E-state index in [4.69, 9.17) is 11.6 Å². The zero-order chi connectivity index (χ0) is 38.5. The molecule has 0 radical (unpaired) electrons. The summed E-state index contributed by atoms with van der Waals surface area (Å²) in [5.41, 5.74) is 12.0. The minimum atomic E-state index is 0.0554. The smallest absolute Gasteiger partial charge is 0.172 e. The second kappa shape index (κ2) is 16.9. The van der Waals surface area contributed by atoms with Gasteiger partial charge in [0.1, 0.15) is 0 Å². The van der Waals surface area contributed by atoms with Crippen molar-refractivity contribution in [3.63, 3.8) is 0 Å². The van der Waals surface area contributed by atoms with E-state index in [2.05, 4.69) is 176 Å². The average Bonchev–Trinajstić information content (AvgIpc) is 3.86. The molecule has 0 nitrogen and oxygen atoms in total. The molecule has 0 bridgehead atoms. The fourth-order valence-corrected chi connectivity index (χ4v) is 7.83. The van der Waals surface area contributed by atoms with Crippen molar-refractivity contribution in [2.45, 2.75) is 59.3 Å². The van der Waals surface area contributed by atoms with Crippen molar-refractivity contribution in [1.82, 2.24) is 0 Å². The normalized spacial score (nSPS) is 11.4. The Morgan fingerprint density at radius 1 is 0.519 bits per heavy atom. The summed E-state index contributed by atoms with van der Waals surface area (Å²) >= 11 is 7.30. The van der Waals surface area contributed by atoms with E-state index in [1.165, 1.54) is 99.1 Å². The Hall–Kier alpha value is -4.42. The Labute approximate surface area is 342 Å². The standard InChI is InChI=1S/C33H33.C14H11Cl.C5H5.Zr/c1-32(2,3)30-20-26-24(18-28(30)22-13-9-7-10-14-22)17-25-19-29(23-15-11-8-12-16-23)31(21-27(25)26)33(4,5)6;1-11-2-4-12(5-3-11)10-13-6-8-14(15)9-7-13;1-2-4-5-3-1;/h7-21H,1-6H3;2-9H,1H3;1-5H;/q-1;;-1;+2. The van der Waals surface area contributed by atoms with E-state index >= 15 is 0 Å². The Balaban J connectivity index is 0.000000195. The fourth-order valence-electron chi connectivity index (χ4n) is 6.88. The van der Waals surface area contributed by atoms with Crippen molar-refractivity contribution in [3.05, 3.63) is 203 Å². The van der Waals surface area contributed by atoms with Crippen molar-refractivity contribution in [3.8, 4) is 22.3 Å². The molecular formula is C52H49ClZr. The van der Waals surface area contributed by atoms with Gasteiger partial charge in [0.2, 0.25) is 0 Å². The topological polar surface area (TPSA) is 0 Å². The van der Waals surface area contributed by atoms with E-state index in [1.54, 1.807) is 0 Å². The quantitative estimate of drug-likeness (QED) is 0.156. The fraction of sp³-hybridized carbons (Fsp3) is 0.173. The molecule has 0 saturated heterocycles. The molecule has 0 atom stereocenters. The maximum absolute atomic E-state index is 5.88.